The van der Waals surface area contributed by atoms with E-state index in [2.05, 4.69) is 5.53 Å². The molecule has 4 heteroatoms. The Morgan fingerprint density at radius 1 is 1.45 bits per heavy atom. The lowest BCUT2D eigenvalue weighted by molar-refractivity contribution is -0.249. The fourth-order valence-electron chi connectivity index (χ4n) is 0.664. The third kappa shape index (κ3) is 3.70. The lowest BCUT2D eigenvalue weighted by Crippen LogP contribution is -2.17. The van der Waals surface area contributed by atoms with Crippen LogP contribution in [0.4, 0.5) is 0 Å². The van der Waals surface area contributed by atoms with E-state index >= 15 is 0 Å². The van der Waals surface area contributed by atoms with Crippen molar-refractivity contribution < 1.29 is 5.53 Å². The first kappa shape index (κ1) is 10.1. The highest BCUT2D eigenvalue weighted by molar-refractivity contribution is 6.30. The van der Waals surface area contributed by atoms with Crippen molar-refractivity contribution in [1.29, 1.82) is 5.53 Å². The molecule has 0 atom stereocenters. The van der Waals surface area contributed by atoms with Crippen molar-refractivity contribution in [2.75, 3.05) is 0 Å². The van der Waals surface area contributed by atoms with Crippen molar-refractivity contribution in [2.24, 2.45) is 5.73 Å². The van der Waals surface area contributed by atoms with Crippen LogP contribution in [-0.2, 0) is 6.54 Å². The summed E-state index contributed by atoms with van der Waals surface area (Å²) in [6.45, 7) is 0.556. The maximum absolute atomic E-state index is 5.67. The van der Waals surface area contributed by atoms with E-state index in [0.29, 0.717) is 6.54 Å². The molecule has 11 heavy (non-hydrogen) atoms. The molecule has 1 rings (SSSR count). The van der Waals surface area contributed by atoms with Gasteiger partial charge in [-0.3, -0.25) is 0 Å². The van der Waals surface area contributed by atoms with Crippen LogP contribution >= 0.6 is 11.6 Å². The molecule has 0 aromatic heterocycles. The Balaban J connectivity index is 0.000000461. The summed E-state index contributed by atoms with van der Waals surface area (Å²) in [6.07, 6.45) is 0. The average Bonchev–Trinajstić information content (AvgIpc) is 2.08. The number of nitrogens with two attached hydrogens (primary N) is 2. The zero-order valence-corrected chi connectivity index (χ0v) is 6.81. The van der Waals surface area contributed by atoms with Gasteiger partial charge in [0, 0.05) is 11.6 Å². The molecule has 0 saturated heterocycles. The second-order valence-corrected chi connectivity index (χ2v) is 2.27. The number of halogens is 1. The Morgan fingerprint density at radius 2 is 2.09 bits per heavy atom. The molecule has 0 fully saturated rings. The molecule has 0 amide bonds. The highest BCUT2D eigenvalue weighted by Gasteiger charge is 1.87. The van der Waals surface area contributed by atoms with E-state index in [1.165, 1.54) is 0 Å². The van der Waals surface area contributed by atoms with Crippen LogP contribution < -0.4 is 11.3 Å². The van der Waals surface area contributed by atoms with E-state index in [-0.39, 0.29) is 0 Å². The Hall–Kier alpha value is -0.930. The summed E-state index contributed by atoms with van der Waals surface area (Å²) in [5, 5.41) is 0.748. The minimum Gasteiger partial charge on any atom is -0.326 e. The molecule has 0 bridgehead atoms. The van der Waals surface area contributed by atoms with E-state index in [1.807, 2.05) is 24.3 Å². The first-order valence-corrected chi connectivity index (χ1v) is 3.44. The van der Waals surface area contributed by atoms with Crippen molar-refractivity contribution in [3.63, 3.8) is 0 Å². The second kappa shape index (κ2) is 5.82. The number of nitrogens with one attached hydrogen (secondary N) is 1. The van der Waals surface area contributed by atoms with E-state index < -0.39 is 0 Å². The van der Waals surface area contributed by atoms with Gasteiger partial charge in [0.25, 0.3) is 0 Å². The molecular formula is C7H11ClN3+. The summed E-state index contributed by atoms with van der Waals surface area (Å²) in [6, 6.07) is 7.54. The van der Waals surface area contributed by atoms with Gasteiger partial charge in [0.05, 0.1) is 0 Å². The van der Waals surface area contributed by atoms with Gasteiger partial charge in [-0.15, -0.1) is 0 Å². The third-order valence-electron chi connectivity index (χ3n) is 1.12. The summed E-state index contributed by atoms with van der Waals surface area (Å²) in [5.41, 5.74) is 15.4. The zero-order chi connectivity index (χ0) is 8.69. The van der Waals surface area contributed by atoms with Gasteiger partial charge in [0.15, 0.2) is 0 Å². The van der Waals surface area contributed by atoms with Crippen LogP contribution in [0.5, 0.6) is 0 Å². The fourth-order valence-corrected chi connectivity index (χ4v) is 0.877. The predicted molar refractivity (Wildman–Crippen MR) is 44.0 cm³/mol. The van der Waals surface area contributed by atoms with Crippen LogP contribution in [0, 0.1) is 5.53 Å². The Bertz CT molecular complexity index is 215. The zero-order valence-electron chi connectivity index (χ0n) is 6.05. The van der Waals surface area contributed by atoms with Crippen LogP contribution in [0.3, 0.4) is 0 Å². The number of hydrogen-bond acceptors (Lipinski definition) is 2. The molecule has 5 N–H and O–H groups in total. The molecule has 3 nitrogen and oxygen atoms in total. The average molecular weight is 173 g/mol. The lowest BCUT2D eigenvalue weighted by Gasteiger charge is -1.93. The molecular weight excluding hydrogens is 162 g/mol. The predicted octanol–water partition coefficient (Wildman–Crippen LogP) is 0.575. The topological polar surface area (TPSA) is 75.5 Å². The quantitative estimate of drug-likeness (QED) is 0.533. The normalized spacial score (nSPS) is 8.18. The van der Waals surface area contributed by atoms with E-state index in [4.69, 9.17) is 22.9 Å². The Morgan fingerprint density at radius 3 is 2.45 bits per heavy atom. The van der Waals surface area contributed by atoms with Gasteiger partial charge in [-0.1, -0.05) is 29.3 Å². The smallest absolute Gasteiger partial charge is 0.0409 e. The van der Waals surface area contributed by atoms with Crippen molar-refractivity contribution in [3.05, 3.63) is 34.9 Å². The molecule has 0 spiro atoms. The number of rotatable bonds is 1. The van der Waals surface area contributed by atoms with Crippen LogP contribution in [0.1, 0.15) is 5.56 Å². The maximum atomic E-state index is 5.67. The first-order chi connectivity index (χ1) is 5.33. The molecule has 0 aliphatic rings. The van der Waals surface area contributed by atoms with E-state index in [1.54, 1.807) is 0 Å². The molecule has 0 unspecified atom stereocenters. The van der Waals surface area contributed by atoms with Gasteiger partial charge >= 0.3 is 0 Å². The molecule has 60 valence electrons. The van der Waals surface area contributed by atoms with Crippen molar-refractivity contribution in [3.8, 4) is 0 Å². The molecule has 0 saturated carbocycles. The van der Waals surface area contributed by atoms with E-state index in [9.17, 15) is 0 Å². The molecule has 1 aromatic carbocycles. The van der Waals surface area contributed by atoms with Gasteiger partial charge in [-0.25, -0.2) is 0 Å². The highest BCUT2D eigenvalue weighted by atomic mass is 35.5. The van der Waals surface area contributed by atoms with Crippen LogP contribution in [-0.4, -0.2) is 0 Å². The Kier molecular flexibility index (Phi) is 5.33. The van der Waals surface area contributed by atoms with Crippen LogP contribution in [0.25, 0.3) is 0 Å². The van der Waals surface area contributed by atoms with Crippen molar-refractivity contribution >= 4 is 11.6 Å². The Labute approximate surface area is 70.5 Å². The van der Waals surface area contributed by atoms with Gasteiger partial charge in [0.1, 0.15) is 0 Å². The third-order valence-corrected chi connectivity index (χ3v) is 1.36. The summed E-state index contributed by atoms with van der Waals surface area (Å²) in [5.74, 6) is 0. The van der Waals surface area contributed by atoms with Crippen molar-refractivity contribution in [2.45, 2.75) is 6.54 Å². The van der Waals surface area contributed by atoms with Crippen LogP contribution in [0.2, 0.25) is 5.02 Å². The minimum absolute atomic E-state index is 0.556. The maximum Gasteiger partial charge on any atom is 0.0409 e. The summed E-state index contributed by atoms with van der Waals surface area (Å²) in [7, 11) is 0. The monoisotopic (exact) mass is 172 g/mol. The number of benzene rings is 1. The molecule has 0 aliphatic heterocycles. The van der Waals surface area contributed by atoms with Gasteiger partial charge in [-0.05, 0) is 17.7 Å². The van der Waals surface area contributed by atoms with Crippen molar-refractivity contribution in [1.82, 2.24) is 0 Å². The highest BCUT2D eigenvalue weighted by Crippen LogP contribution is 2.09. The van der Waals surface area contributed by atoms with Gasteiger partial charge in [-0.2, -0.15) is 5.53 Å². The second-order valence-electron chi connectivity index (χ2n) is 1.83. The molecule has 0 radical (unpaired) electrons. The fraction of sp³-hybridized carbons (Fsp3) is 0.143. The van der Waals surface area contributed by atoms with Gasteiger partial charge in [0.2, 0.25) is 0 Å². The summed E-state index contributed by atoms with van der Waals surface area (Å²) >= 11 is 5.67. The standard InChI is InChI=1S/C7H8ClN.H2N2/c8-7-3-1-2-6(4-7)5-9;1-2/h1-4H,5,9H2;1-2H/p+1. The lowest BCUT2D eigenvalue weighted by atomic mass is 10.2. The molecule has 0 aliphatic carbocycles. The van der Waals surface area contributed by atoms with Gasteiger partial charge < -0.3 is 5.73 Å². The SMILES string of the molecule is N=[NH2+].NCc1cccc(Cl)c1. The molecule has 1 aromatic rings. The number of hydrogen-bond donors (Lipinski definition) is 3. The van der Waals surface area contributed by atoms with E-state index in [0.717, 1.165) is 10.6 Å². The minimum atomic E-state index is 0.556. The van der Waals surface area contributed by atoms with Crippen LogP contribution in [0.15, 0.2) is 24.3 Å². The molecule has 0 heterocycles. The first-order valence-electron chi connectivity index (χ1n) is 3.06. The summed E-state index contributed by atoms with van der Waals surface area (Å²) in [4.78, 5) is 0. The summed E-state index contributed by atoms with van der Waals surface area (Å²) < 4.78 is 0. The largest absolute Gasteiger partial charge is 0.326 e.